The zero-order valence-electron chi connectivity index (χ0n) is 9.79. The number of nitrogens with zero attached hydrogens (tertiary/aromatic N) is 1. The Morgan fingerprint density at radius 3 is 2.29 bits per heavy atom. The number of hydrogen-bond donors (Lipinski definition) is 1. The molecule has 0 aliphatic rings. The normalized spacial score (nSPS) is 13.6. The third-order valence-corrected chi connectivity index (χ3v) is 2.52. The van der Waals surface area contributed by atoms with E-state index in [9.17, 15) is 4.79 Å². The minimum Gasteiger partial charge on any atom is -0.481 e. The van der Waals surface area contributed by atoms with Crippen LogP contribution in [0.15, 0.2) is 0 Å². The fourth-order valence-corrected chi connectivity index (χ4v) is 1.80. The van der Waals surface area contributed by atoms with Gasteiger partial charge in [0.1, 0.15) is 0 Å². The first-order chi connectivity index (χ1) is 6.49. The van der Waals surface area contributed by atoms with Crippen molar-refractivity contribution in [3.63, 3.8) is 0 Å². The van der Waals surface area contributed by atoms with E-state index in [4.69, 9.17) is 5.11 Å². The van der Waals surface area contributed by atoms with Crippen molar-refractivity contribution in [3.8, 4) is 0 Å². The van der Waals surface area contributed by atoms with Crippen molar-refractivity contribution < 1.29 is 9.90 Å². The van der Waals surface area contributed by atoms with Crippen LogP contribution in [0.25, 0.3) is 0 Å². The molecule has 0 aliphatic carbocycles. The van der Waals surface area contributed by atoms with Crippen LogP contribution in [0.2, 0.25) is 0 Å². The van der Waals surface area contributed by atoms with E-state index in [0.717, 1.165) is 12.8 Å². The number of rotatable bonds is 7. The Balaban J connectivity index is 4.07. The minimum absolute atomic E-state index is 0.242. The number of carbonyl (C=O) groups is 1. The molecule has 0 aliphatic heterocycles. The van der Waals surface area contributed by atoms with Crippen molar-refractivity contribution in [3.05, 3.63) is 0 Å². The van der Waals surface area contributed by atoms with Gasteiger partial charge >= 0.3 is 5.97 Å². The van der Waals surface area contributed by atoms with Gasteiger partial charge in [-0.25, -0.2) is 0 Å². The first-order valence-corrected chi connectivity index (χ1v) is 5.46. The molecule has 0 heterocycles. The zero-order valence-corrected chi connectivity index (χ0v) is 9.79. The second-order valence-corrected chi connectivity index (χ2v) is 4.11. The highest BCUT2D eigenvalue weighted by Gasteiger charge is 2.16. The van der Waals surface area contributed by atoms with Gasteiger partial charge in [0.2, 0.25) is 0 Å². The second kappa shape index (κ2) is 6.82. The van der Waals surface area contributed by atoms with Crippen molar-refractivity contribution in [2.45, 2.75) is 59.0 Å². The average Bonchev–Trinajstić information content (AvgIpc) is 2.03. The standard InChI is InChI=1S/C11H23NO2/c1-5-6-10(4)12(9(2)3)8-7-11(13)14/h9-10H,5-8H2,1-4H3,(H,13,14). The van der Waals surface area contributed by atoms with Crippen LogP contribution in [0.1, 0.15) is 47.0 Å². The molecule has 1 atom stereocenters. The minimum atomic E-state index is -0.709. The molecule has 0 amide bonds. The first-order valence-electron chi connectivity index (χ1n) is 5.46. The first kappa shape index (κ1) is 13.4. The van der Waals surface area contributed by atoms with Gasteiger partial charge in [-0.05, 0) is 27.2 Å². The Kier molecular flexibility index (Phi) is 6.54. The van der Waals surface area contributed by atoms with Crippen LogP contribution in [0.5, 0.6) is 0 Å². The van der Waals surface area contributed by atoms with Crippen LogP contribution in [-0.2, 0) is 4.79 Å². The van der Waals surface area contributed by atoms with E-state index in [1.54, 1.807) is 0 Å². The van der Waals surface area contributed by atoms with Gasteiger partial charge in [-0.15, -0.1) is 0 Å². The summed E-state index contributed by atoms with van der Waals surface area (Å²) >= 11 is 0. The van der Waals surface area contributed by atoms with E-state index in [2.05, 4.69) is 32.6 Å². The lowest BCUT2D eigenvalue weighted by molar-refractivity contribution is -0.137. The quantitative estimate of drug-likeness (QED) is 0.687. The summed E-state index contributed by atoms with van der Waals surface area (Å²) < 4.78 is 0. The van der Waals surface area contributed by atoms with Crippen LogP contribution < -0.4 is 0 Å². The molecule has 0 fully saturated rings. The fraction of sp³-hybridized carbons (Fsp3) is 0.909. The number of hydrogen-bond acceptors (Lipinski definition) is 2. The summed E-state index contributed by atoms with van der Waals surface area (Å²) in [7, 11) is 0. The van der Waals surface area contributed by atoms with Gasteiger partial charge < -0.3 is 5.11 Å². The van der Waals surface area contributed by atoms with E-state index in [0.29, 0.717) is 18.6 Å². The van der Waals surface area contributed by atoms with Crippen LogP contribution >= 0.6 is 0 Å². The van der Waals surface area contributed by atoms with Gasteiger partial charge in [0, 0.05) is 18.6 Å². The lowest BCUT2D eigenvalue weighted by atomic mass is 10.1. The molecular formula is C11H23NO2. The molecule has 0 radical (unpaired) electrons. The molecule has 0 aromatic rings. The SMILES string of the molecule is CCCC(C)N(CCC(=O)O)C(C)C. The predicted octanol–water partition coefficient (Wildman–Crippen LogP) is 2.36. The van der Waals surface area contributed by atoms with Crippen molar-refractivity contribution in [1.82, 2.24) is 4.90 Å². The highest BCUT2D eigenvalue weighted by atomic mass is 16.4. The summed E-state index contributed by atoms with van der Waals surface area (Å²) in [5.41, 5.74) is 0. The van der Waals surface area contributed by atoms with Crippen molar-refractivity contribution >= 4 is 5.97 Å². The molecule has 0 aromatic heterocycles. The highest BCUT2D eigenvalue weighted by Crippen LogP contribution is 2.11. The Morgan fingerprint density at radius 1 is 1.36 bits per heavy atom. The van der Waals surface area contributed by atoms with E-state index < -0.39 is 5.97 Å². The molecule has 3 heteroatoms. The summed E-state index contributed by atoms with van der Waals surface area (Å²) in [5, 5.41) is 8.63. The largest absolute Gasteiger partial charge is 0.481 e. The lowest BCUT2D eigenvalue weighted by Crippen LogP contribution is -2.40. The van der Waals surface area contributed by atoms with Crippen LogP contribution in [0.4, 0.5) is 0 Å². The zero-order chi connectivity index (χ0) is 11.1. The molecule has 1 unspecified atom stereocenters. The van der Waals surface area contributed by atoms with E-state index >= 15 is 0 Å². The number of aliphatic carboxylic acids is 1. The molecule has 1 N–H and O–H groups in total. The second-order valence-electron chi connectivity index (χ2n) is 4.11. The topological polar surface area (TPSA) is 40.5 Å². The van der Waals surface area contributed by atoms with Gasteiger partial charge in [0.05, 0.1) is 6.42 Å². The summed E-state index contributed by atoms with van der Waals surface area (Å²) in [5.74, 6) is -0.709. The van der Waals surface area contributed by atoms with E-state index in [1.165, 1.54) is 0 Å². The number of carboxylic acids is 1. The molecule has 0 bridgehead atoms. The summed E-state index contributed by atoms with van der Waals surface area (Å²) in [6.07, 6.45) is 2.53. The maximum Gasteiger partial charge on any atom is 0.304 e. The summed E-state index contributed by atoms with van der Waals surface area (Å²) in [4.78, 5) is 12.7. The van der Waals surface area contributed by atoms with Crippen molar-refractivity contribution in [2.75, 3.05) is 6.54 Å². The molecule has 84 valence electrons. The molecule has 0 spiro atoms. The number of carboxylic acid groups (broad SMARTS) is 1. The smallest absolute Gasteiger partial charge is 0.304 e. The van der Waals surface area contributed by atoms with Gasteiger partial charge in [0.25, 0.3) is 0 Å². The van der Waals surface area contributed by atoms with Gasteiger partial charge in [-0.2, -0.15) is 0 Å². The Hall–Kier alpha value is -0.570. The molecule has 3 nitrogen and oxygen atoms in total. The van der Waals surface area contributed by atoms with Crippen LogP contribution in [0.3, 0.4) is 0 Å². The van der Waals surface area contributed by atoms with E-state index in [-0.39, 0.29) is 6.42 Å². The third kappa shape index (κ3) is 5.22. The van der Waals surface area contributed by atoms with Crippen LogP contribution in [0, 0.1) is 0 Å². The maximum atomic E-state index is 10.5. The maximum absolute atomic E-state index is 10.5. The molecule has 0 rings (SSSR count). The summed E-state index contributed by atoms with van der Waals surface area (Å²) in [6, 6.07) is 0.912. The molecule has 0 saturated heterocycles. The van der Waals surface area contributed by atoms with Crippen molar-refractivity contribution in [1.29, 1.82) is 0 Å². The van der Waals surface area contributed by atoms with Gasteiger partial charge in [-0.1, -0.05) is 13.3 Å². The third-order valence-electron chi connectivity index (χ3n) is 2.52. The van der Waals surface area contributed by atoms with Gasteiger partial charge in [-0.3, -0.25) is 9.69 Å². The van der Waals surface area contributed by atoms with Gasteiger partial charge in [0.15, 0.2) is 0 Å². The van der Waals surface area contributed by atoms with Crippen LogP contribution in [-0.4, -0.2) is 34.6 Å². The average molecular weight is 201 g/mol. The molecule has 14 heavy (non-hydrogen) atoms. The summed E-state index contributed by atoms with van der Waals surface area (Å²) in [6.45, 7) is 9.23. The monoisotopic (exact) mass is 201 g/mol. The van der Waals surface area contributed by atoms with Crippen molar-refractivity contribution in [2.24, 2.45) is 0 Å². The van der Waals surface area contributed by atoms with E-state index in [1.807, 2.05) is 0 Å². The molecule has 0 aromatic carbocycles. The lowest BCUT2D eigenvalue weighted by Gasteiger charge is -2.32. The fourth-order valence-electron chi connectivity index (χ4n) is 1.80. The highest BCUT2D eigenvalue weighted by molar-refractivity contribution is 5.66. The molecular weight excluding hydrogens is 178 g/mol. The Bertz CT molecular complexity index is 169. The molecule has 0 saturated carbocycles. The predicted molar refractivity (Wildman–Crippen MR) is 58.5 cm³/mol. The Labute approximate surface area is 87.1 Å². The Morgan fingerprint density at radius 2 is 1.93 bits per heavy atom.